The number of benzene rings is 2. The molecular formula is C26H30FN5O2. The van der Waals surface area contributed by atoms with Crippen LogP contribution in [-0.4, -0.2) is 71.0 Å². The topological polar surface area (TPSA) is 73.7 Å². The van der Waals surface area contributed by atoms with Gasteiger partial charge in [0.1, 0.15) is 5.82 Å². The highest BCUT2D eigenvalue weighted by Gasteiger charge is 2.21. The number of halogens is 1. The maximum atomic E-state index is 13.3. The number of aromatic nitrogens is 2. The lowest BCUT2D eigenvalue weighted by Crippen LogP contribution is -2.49. The van der Waals surface area contributed by atoms with Crippen LogP contribution < -0.4 is 5.56 Å². The smallest absolute Gasteiger partial charge is 0.280 e. The summed E-state index contributed by atoms with van der Waals surface area (Å²) in [4.78, 5) is 34.3. The SMILES string of the molecule is CCCc1[nH]n(-c2ccc(F)cc2)c(=O)c1C=NCCN1CCN(C(=O)c2ccccc2)CC1. The molecule has 1 N–H and O–H groups in total. The zero-order valence-corrected chi connectivity index (χ0v) is 19.4. The van der Waals surface area contributed by atoms with Crippen molar-refractivity contribution in [1.82, 2.24) is 19.6 Å². The number of carbonyl (C=O) groups is 1. The molecule has 0 unspecified atom stereocenters. The molecule has 1 aliphatic heterocycles. The van der Waals surface area contributed by atoms with Crippen LogP contribution in [0, 0.1) is 5.82 Å². The predicted molar refractivity (Wildman–Crippen MR) is 132 cm³/mol. The number of amides is 1. The maximum Gasteiger partial charge on any atom is 0.280 e. The van der Waals surface area contributed by atoms with Gasteiger partial charge in [0.15, 0.2) is 0 Å². The molecule has 1 fully saturated rings. The lowest BCUT2D eigenvalue weighted by atomic mass is 10.2. The average Bonchev–Trinajstić information content (AvgIpc) is 3.18. The van der Waals surface area contributed by atoms with Crippen LogP contribution in [0.1, 0.15) is 35.0 Å². The molecule has 0 bridgehead atoms. The first-order chi connectivity index (χ1) is 16.6. The van der Waals surface area contributed by atoms with E-state index in [0.29, 0.717) is 30.9 Å². The minimum Gasteiger partial charge on any atom is -0.336 e. The summed E-state index contributed by atoms with van der Waals surface area (Å²) < 4.78 is 14.7. The molecule has 1 saturated heterocycles. The van der Waals surface area contributed by atoms with E-state index in [0.717, 1.165) is 43.7 Å². The number of hydrogen-bond acceptors (Lipinski definition) is 4. The van der Waals surface area contributed by atoms with Gasteiger partial charge in [0, 0.05) is 50.2 Å². The van der Waals surface area contributed by atoms with Gasteiger partial charge in [-0.1, -0.05) is 31.5 Å². The van der Waals surface area contributed by atoms with E-state index in [4.69, 9.17) is 0 Å². The van der Waals surface area contributed by atoms with Gasteiger partial charge in [-0.05, 0) is 42.8 Å². The molecule has 0 spiro atoms. The van der Waals surface area contributed by atoms with Crippen molar-refractivity contribution < 1.29 is 9.18 Å². The van der Waals surface area contributed by atoms with Crippen molar-refractivity contribution >= 4 is 12.1 Å². The third-order valence-corrected chi connectivity index (χ3v) is 6.04. The highest BCUT2D eigenvalue weighted by molar-refractivity contribution is 5.94. The molecule has 0 radical (unpaired) electrons. The maximum absolute atomic E-state index is 13.3. The molecule has 0 saturated carbocycles. The highest BCUT2D eigenvalue weighted by atomic mass is 19.1. The van der Waals surface area contributed by atoms with Crippen LogP contribution in [0.2, 0.25) is 0 Å². The normalized spacial score (nSPS) is 14.7. The van der Waals surface area contributed by atoms with Gasteiger partial charge in [-0.3, -0.25) is 24.6 Å². The van der Waals surface area contributed by atoms with Gasteiger partial charge in [0.2, 0.25) is 0 Å². The number of aliphatic imine (C=N–C) groups is 1. The molecule has 7 nitrogen and oxygen atoms in total. The summed E-state index contributed by atoms with van der Waals surface area (Å²) in [6, 6.07) is 15.2. The summed E-state index contributed by atoms with van der Waals surface area (Å²) in [7, 11) is 0. The van der Waals surface area contributed by atoms with Crippen LogP contribution in [0.25, 0.3) is 5.69 Å². The molecule has 2 aromatic carbocycles. The summed E-state index contributed by atoms with van der Waals surface area (Å²) in [5, 5.41) is 3.15. The monoisotopic (exact) mass is 463 g/mol. The van der Waals surface area contributed by atoms with E-state index in [1.54, 1.807) is 18.3 Å². The second-order valence-corrected chi connectivity index (χ2v) is 8.41. The van der Waals surface area contributed by atoms with Gasteiger partial charge in [-0.15, -0.1) is 0 Å². The fourth-order valence-corrected chi connectivity index (χ4v) is 4.13. The first kappa shape index (κ1) is 23.6. The number of nitrogens with zero attached hydrogens (tertiary/aromatic N) is 4. The second kappa shape index (κ2) is 11.1. The third-order valence-electron chi connectivity index (χ3n) is 6.04. The summed E-state index contributed by atoms with van der Waals surface area (Å²) >= 11 is 0. The molecule has 4 rings (SSSR count). The van der Waals surface area contributed by atoms with Gasteiger partial charge >= 0.3 is 0 Å². The highest BCUT2D eigenvalue weighted by Crippen LogP contribution is 2.11. The Morgan fingerprint density at radius 3 is 2.44 bits per heavy atom. The van der Waals surface area contributed by atoms with E-state index in [1.807, 2.05) is 35.2 Å². The lowest BCUT2D eigenvalue weighted by Gasteiger charge is -2.34. The van der Waals surface area contributed by atoms with Crippen molar-refractivity contribution in [2.75, 3.05) is 39.3 Å². The summed E-state index contributed by atoms with van der Waals surface area (Å²) in [6.07, 6.45) is 3.26. The van der Waals surface area contributed by atoms with Crippen molar-refractivity contribution in [3.8, 4) is 5.69 Å². The first-order valence-corrected chi connectivity index (χ1v) is 11.7. The standard InChI is InChI=1S/C26H30FN5O2/c1-2-6-24-23(26(34)32(29-24)22-11-9-21(27)10-12-22)19-28-13-14-30-15-17-31(18-16-30)25(33)20-7-4-3-5-8-20/h3-5,7-12,19,29H,2,6,13-18H2,1H3. The van der Waals surface area contributed by atoms with Gasteiger partial charge in [-0.2, -0.15) is 0 Å². The molecule has 1 aliphatic rings. The Balaban J connectivity index is 1.34. The molecule has 0 atom stereocenters. The number of aromatic amines is 1. The number of nitrogens with one attached hydrogen (secondary N) is 1. The number of piperazine rings is 1. The van der Waals surface area contributed by atoms with E-state index in [-0.39, 0.29) is 17.3 Å². The van der Waals surface area contributed by atoms with E-state index >= 15 is 0 Å². The molecule has 0 aliphatic carbocycles. The van der Waals surface area contributed by atoms with E-state index in [1.165, 1.54) is 16.8 Å². The molecule has 3 aromatic rings. The third kappa shape index (κ3) is 5.51. The lowest BCUT2D eigenvalue weighted by molar-refractivity contribution is 0.0641. The van der Waals surface area contributed by atoms with Gasteiger partial charge < -0.3 is 4.90 Å². The predicted octanol–water partition coefficient (Wildman–Crippen LogP) is 3.13. The van der Waals surface area contributed by atoms with Crippen LogP contribution in [0.3, 0.4) is 0 Å². The Hall–Kier alpha value is -3.52. The zero-order chi connectivity index (χ0) is 23.9. The Labute approximate surface area is 198 Å². The van der Waals surface area contributed by atoms with Crippen LogP contribution in [0.4, 0.5) is 4.39 Å². The molecule has 34 heavy (non-hydrogen) atoms. The minimum atomic E-state index is -0.343. The fourth-order valence-electron chi connectivity index (χ4n) is 4.13. The number of hydrogen-bond donors (Lipinski definition) is 1. The molecule has 1 aromatic heterocycles. The molecule has 2 heterocycles. The van der Waals surface area contributed by atoms with Crippen LogP contribution >= 0.6 is 0 Å². The molecule has 8 heteroatoms. The van der Waals surface area contributed by atoms with Crippen molar-refractivity contribution in [3.05, 3.63) is 87.6 Å². The second-order valence-electron chi connectivity index (χ2n) is 8.41. The Morgan fingerprint density at radius 2 is 1.76 bits per heavy atom. The van der Waals surface area contributed by atoms with Gasteiger partial charge in [0.05, 0.1) is 17.8 Å². The average molecular weight is 464 g/mol. The van der Waals surface area contributed by atoms with Gasteiger partial charge in [-0.25, -0.2) is 9.07 Å². The number of aryl methyl sites for hydroxylation is 1. The van der Waals surface area contributed by atoms with Crippen LogP contribution in [0.5, 0.6) is 0 Å². The fraction of sp³-hybridized carbons (Fsp3) is 0.346. The van der Waals surface area contributed by atoms with Gasteiger partial charge in [0.25, 0.3) is 11.5 Å². The Bertz CT molecular complexity index is 1180. The van der Waals surface area contributed by atoms with Crippen LogP contribution in [0.15, 0.2) is 64.4 Å². The van der Waals surface area contributed by atoms with Crippen molar-refractivity contribution in [1.29, 1.82) is 0 Å². The quantitative estimate of drug-likeness (QED) is 0.522. The minimum absolute atomic E-state index is 0.0756. The number of H-pyrrole nitrogens is 1. The summed E-state index contributed by atoms with van der Waals surface area (Å²) in [5.74, 6) is -0.268. The molecule has 178 valence electrons. The summed E-state index contributed by atoms with van der Waals surface area (Å²) in [6.45, 7) is 6.38. The number of carbonyl (C=O) groups excluding carboxylic acids is 1. The molecule has 1 amide bonds. The summed E-state index contributed by atoms with van der Waals surface area (Å²) in [5.41, 5.74) is 2.50. The number of rotatable bonds is 8. The zero-order valence-electron chi connectivity index (χ0n) is 19.4. The Morgan fingerprint density at radius 1 is 1.06 bits per heavy atom. The first-order valence-electron chi connectivity index (χ1n) is 11.7. The van der Waals surface area contributed by atoms with E-state index in [2.05, 4.69) is 21.9 Å². The van der Waals surface area contributed by atoms with Crippen molar-refractivity contribution in [2.45, 2.75) is 19.8 Å². The van der Waals surface area contributed by atoms with Crippen molar-refractivity contribution in [2.24, 2.45) is 4.99 Å². The largest absolute Gasteiger partial charge is 0.336 e. The van der Waals surface area contributed by atoms with E-state index < -0.39 is 0 Å². The molecular weight excluding hydrogens is 433 g/mol. The van der Waals surface area contributed by atoms with Crippen molar-refractivity contribution in [3.63, 3.8) is 0 Å². The van der Waals surface area contributed by atoms with Crippen LogP contribution in [-0.2, 0) is 6.42 Å². The van der Waals surface area contributed by atoms with E-state index in [9.17, 15) is 14.0 Å². The Kier molecular flexibility index (Phi) is 7.69.